The molecule has 76 valence electrons. The first-order valence-corrected chi connectivity index (χ1v) is 5.18. The lowest BCUT2D eigenvalue weighted by molar-refractivity contribution is 0.659. The van der Waals surface area contributed by atoms with Crippen LogP contribution in [0.1, 0.15) is 13.3 Å². The van der Waals surface area contributed by atoms with Gasteiger partial charge in [0.15, 0.2) is 0 Å². The van der Waals surface area contributed by atoms with Crippen molar-refractivity contribution in [3.05, 3.63) is 18.3 Å². The second kappa shape index (κ2) is 3.86. The van der Waals surface area contributed by atoms with E-state index in [0.29, 0.717) is 0 Å². The summed E-state index contributed by atoms with van der Waals surface area (Å²) in [5, 5.41) is 3.07. The number of rotatable bonds is 2. The van der Waals surface area contributed by atoms with Gasteiger partial charge in [0.05, 0.1) is 11.9 Å². The molecular formula is C11H17N3. The lowest BCUT2D eigenvalue weighted by atomic mass is 10.2. The van der Waals surface area contributed by atoms with Crippen LogP contribution in [0.2, 0.25) is 0 Å². The molecule has 0 aliphatic carbocycles. The minimum atomic E-state index is 0.806. The SMILES string of the molecule is CNc1ccc(N2CCC(C)C2)nc1. The summed E-state index contributed by atoms with van der Waals surface area (Å²) in [6.07, 6.45) is 3.17. The summed E-state index contributed by atoms with van der Waals surface area (Å²) in [4.78, 5) is 6.78. The van der Waals surface area contributed by atoms with E-state index in [1.54, 1.807) is 0 Å². The average molecular weight is 191 g/mol. The van der Waals surface area contributed by atoms with E-state index in [1.807, 2.05) is 13.2 Å². The van der Waals surface area contributed by atoms with E-state index in [9.17, 15) is 0 Å². The highest BCUT2D eigenvalue weighted by Gasteiger charge is 2.19. The molecule has 0 spiro atoms. The van der Waals surface area contributed by atoms with Crippen LogP contribution in [-0.4, -0.2) is 25.1 Å². The second-order valence-electron chi connectivity index (χ2n) is 3.99. The van der Waals surface area contributed by atoms with Crippen LogP contribution >= 0.6 is 0 Å². The minimum absolute atomic E-state index is 0.806. The lowest BCUT2D eigenvalue weighted by Gasteiger charge is -2.16. The molecule has 1 aliphatic heterocycles. The molecule has 1 aromatic heterocycles. The molecule has 1 aromatic rings. The summed E-state index contributed by atoms with van der Waals surface area (Å²) in [6.45, 7) is 4.58. The Kier molecular flexibility index (Phi) is 2.57. The molecule has 0 amide bonds. The number of pyridine rings is 1. The van der Waals surface area contributed by atoms with Crippen molar-refractivity contribution in [1.29, 1.82) is 0 Å². The molecule has 3 nitrogen and oxygen atoms in total. The summed E-state index contributed by atoms with van der Waals surface area (Å²) in [7, 11) is 1.91. The van der Waals surface area contributed by atoms with Gasteiger partial charge in [-0.2, -0.15) is 0 Å². The van der Waals surface area contributed by atoms with E-state index in [-0.39, 0.29) is 0 Å². The van der Waals surface area contributed by atoms with Gasteiger partial charge < -0.3 is 10.2 Å². The van der Waals surface area contributed by atoms with Crippen LogP contribution in [0.3, 0.4) is 0 Å². The fraction of sp³-hybridized carbons (Fsp3) is 0.545. The molecule has 0 radical (unpaired) electrons. The third kappa shape index (κ3) is 1.81. The summed E-state index contributed by atoms with van der Waals surface area (Å²) in [5.74, 6) is 1.91. The molecule has 2 heterocycles. The molecule has 0 aromatic carbocycles. The molecule has 1 saturated heterocycles. The zero-order valence-corrected chi connectivity index (χ0v) is 8.83. The largest absolute Gasteiger partial charge is 0.387 e. The molecular weight excluding hydrogens is 174 g/mol. The van der Waals surface area contributed by atoms with Crippen molar-refractivity contribution >= 4 is 11.5 Å². The third-order valence-corrected chi connectivity index (χ3v) is 2.78. The number of hydrogen-bond donors (Lipinski definition) is 1. The Morgan fingerprint density at radius 3 is 2.86 bits per heavy atom. The first-order chi connectivity index (χ1) is 6.79. The summed E-state index contributed by atoms with van der Waals surface area (Å²) in [6, 6.07) is 4.16. The van der Waals surface area contributed by atoms with Crippen LogP contribution < -0.4 is 10.2 Å². The molecule has 1 aliphatic rings. The summed E-state index contributed by atoms with van der Waals surface area (Å²) < 4.78 is 0. The molecule has 1 N–H and O–H groups in total. The molecule has 0 bridgehead atoms. The summed E-state index contributed by atoms with van der Waals surface area (Å²) in [5.41, 5.74) is 1.07. The van der Waals surface area contributed by atoms with Crippen LogP contribution in [0.15, 0.2) is 18.3 Å². The minimum Gasteiger partial charge on any atom is -0.387 e. The van der Waals surface area contributed by atoms with E-state index in [2.05, 4.69) is 34.3 Å². The van der Waals surface area contributed by atoms with Gasteiger partial charge >= 0.3 is 0 Å². The Balaban J connectivity index is 2.09. The number of nitrogens with one attached hydrogen (secondary N) is 1. The van der Waals surface area contributed by atoms with Gasteiger partial charge in [0.25, 0.3) is 0 Å². The maximum atomic E-state index is 4.43. The number of hydrogen-bond acceptors (Lipinski definition) is 3. The van der Waals surface area contributed by atoms with E-state index in [1.165, 1.54) is 6.42 Å². The van der Waals surface area contributed by atoms with Crippen LogP contribution in [0.25, 0.3) is 0 Å². The molecule has 1 unspecified atom stereocenters. The monoisotopic (exact) mass is 191 g/mol. The normalized spacial score (nSPS) is 21.3. The Bertz CT molecular complexity index is 294. The van der Waals surface area contributed by atoms with Crippen LogP contribution in [-0.2, 0) is 0 Å². The van der Waals surface area contributed by atoms with Crippen LogP contribution in [0, 0.1) is 5.92 Å². The first-order valence-electron chi connectivity index (χ1n) is 5.18. The van der Waals surface area contributed by atoms with Gasteiger partial charge in [-0.1, -0.05) is 6.92 Å². The standard InChI is InChI=1S/C11H17N3/c1-9-5-6-14(8-9)11-4-3-10(12-2)7-13-11/h3-4,7,9,12H,5-6,8H2,1-2H3. The molecule has 3 heteroatoms. The number of anilines is 2. The first kappa shape index (κ1) is 9.31. The van der Waals surface area contributed by atoms with E-state index in [0.717, 1.165) is 30.5 Å². The van der Waals surface area contributed by atoms with Gasteiger partial charge in [-0.05, 0) is 24.5 Å². The predicted molar refractivity (Wildman–Crippen MR) is 59.8 cm³/mol. The van der Waals surface area contributed by atoms with Gasteiger partial charge in [0.1, 0.15) is 5.82 Å². The quantitative estimate of drug-likeness (QED) is 0.774. The highest BCUT2D eigenvalue weighted by molar-refractivity contribution is 5.48. The van der Waals surface area contributed by atoms with Gasteiger partial charge in [-0.25, -0.2) is 4.98 Å². The van der Waals surface area contributed by atoms with Crippen molar-refractivity contribution < 1.29 is 0 Å². The van der Waals surface area contributed by atoms with Crippen LogP contribution in [0.4, 0.5) is 11.5 Å². The smallest absolute Gasteiger partial charge is 0.128 e. The van der Waals surface area contributed by atoms with Crippen molar-refractivity contribution in [3.63, 3.8) is 0 Å². The van der Waals surface area contributed by atoms with Crippen molar-refractivity contribution in [2.24, 2.45) is 5.92 Å². The maximum absolute atomic E-state index is 4.43. The molecule has 1 atom stereocenters. The van der Waals surface area contributed by atoms with E-state index >= 15 is 0 Å². The Labute approximate surface area is 85.1 Å². The maximum Gasteiger partial charge on any atom is 0.128 e. The number of aromatic nitrogens is 1. The fourth-order valence-corrected chi connectivity index (χ4v) is 1.86. The van der Waals surface area contributed by atoms with Gasteiger partial charge in [0, 0.05) is 20.1 Å². The third-order valence-electron chi connectivity index (χ3n) is 2.78. The van der Waals surface area contributed by atoms with Gasteiger partial charge in [-0.3, -0.25) is 0 Å². The zero-order valence-electron chi connectivity index (χ0n) is 8.83. The number of nitrogens with zero attached hydrogens (tertiary/aromatic N) is 2. The Morgan fingerprint density at radius 1 is 1.50 bits per heavy atom. The zero-order chi connectivity index (χ0) is 9.97. The molecule has 0 saturated carbocycles. The average Bonchev–Trinajstić information content (AvgIpc) is 2.65. The van der Waals surface area contributed by atoms with Crippen molar-refractivity contribution in [2.45, 2.75) is 13.3 Å². The molecule has 14 heavy (non-hydrogen) atoms. The van der Waals surface area contributed by atoms with E-state index in [4.69, 9.17) is 0 Å². The molecule has 1 fully saturated rings. The summed E-state index contributed by atoms with van der Waals surface area (Å²) >= 11 is 0. The highest BCUT2D eigenvalue weighted by Crippen LogP contribution is 2.22. The molecule has 2 rings (SSSR count). The fourth-order valence-electron chi connectivity index (χ4n) is 1.86. The lowest BCUT2D eigenvalue weighted by Crippen LogP contribution is -2.20. The van der Waals surface area contributed by atoms with Gasteiger partial charge in [-0.15, -0.1) is 0 Å². The van der Waals surface area contributed by atoms with Crippen molar-refractivity contribution in [1.82, 2.24) is 4.98 Å². The second-order valence-corrected chi connectivity index (χ2v) is 3.99. The van der Waals surface area contributed by atoms with Crippen molar-refractivity contribution in [3.8, 4) is 0 Å². The topological polar surface area (TPSA) is 28.2 Å². The van der Waals surface area contributed by atoms with Crippen LogP contribution in [0.5, 0.6) is 0 Å². The highest BCUT2D eigenvalue weighted by atomic mass is 15.2. The van der Waals surface area contributed by atoms with E-state index < -0.39 is 0 Å². The van der Waals surface area contributed by atoms with Crippen molar-refractivity contribution in [2.75, 3.05) is 30.4 Å². The Hall–Kier alpha value is -1.25. The predicted octanol–water partition coefficient (Wildman–Crippen LogP) is 1.97. The van der Waals surface area contributed by atoms with Gasteiger partial charge in [0.2, 0.25) is 0 Å². The Morgan fingerprint density at radius 2 is 2.36 bits per heavy atom.